The molecule has 1 N–H and O–H groups in total. The quantitative estimate of drug-likeness (QED) is 0.526. The maximum Gasteiger partial charge on any atom is 0.0590 e. The van der Waals surface area contributed by atoms with E-state index in [1.165, 1.54) is 38.5 Å². The van der Waals surface area contributed by atoms with Crippen molar-refractivity contribution in [3.05, 3.63) is 0 Å². The maximum atomic E-state index is 6.29. The molecule has 0 aromatic heterocycles. The lowest BCUT2D eigenvalue weighted by Crippen LogP contribution is -2.32. The lowest BCUT2D eigenvalue weighted by atomic mass is 9.89. The molecule has 2 nitrogen and oxygen atoms in total. The van der Waals surface area contributed by atoms with Crippen LogP contribution in [-0.4, -0.2) is 31.7 Å². The summed E-state index contributed by atoms with van der Waals surface area (Å²) in [6.07, 6.45) is 7.53. The number of alkyl halides is 1. The van der Waals surface area contributed by atoms with Crippen LogP contribution in [-0.2, 0) is 4.74 Å². The first-order valence-electron chi connectivity index (χ1n) is 6.77. The number of unbranched alkanes of at least 4 members (excludes halogenated alkanes) is 1. The van der Waals surface area contributed by atoms with Crippen LogP contribution in [0, 0.1) is 5.92 Å². The molecule has 0 heterocycles. The second-order valence-electron chi connectivity index (χ2n) is 4.73. The molecule has 0 saturated heterocycles. The zero-order valence-corrected chi connectivity index (χ0v) is 11.3. The number of ether oxygens (including phenoxy) is 1. The van der Waals surface area contributed by atoms with Gasteiger partial charge in [0.1, 0.15) is 0 Å². The van der Waals surface area contributed by atoms with Gasteiger partial charge in [-0.15, -0.1) is 11.6 Å². The molecular formula is C13H26ClNO. The summed E-state index contributed by atoms with van der Waals surface area (Å²) in [5, 5.41) is 3.84. The van der Waals surface area contributed by atoms with E-state index in [1.807, 2.05) is 0 Å². The molecule has 0 radical (unpaired) electrons. The number of rotatable bonds is 8. The van der Waals surface area contributed by atoms with E-state index < -0.39 is 0 Å². The van der Waals surface area contributed by atoms with E-state index in [2.05, 4.69) is 12.2 Å². The summed E-state index contributed by atoms with van der Waals surface area (Å²) >= 11 is 6.29. The first kappa shape index (κ1) is 14.3. The Morgan fingerprint density at radius 1 is 1.25 bits per heavy atom. The Kier molecular flexibility index (Phi) is 8.26. The number of hydrogen-bond donors (Lipinski definition) is 1. The van der Waals surface area contributed by atoms with Gasteiger partial charge in [0.05, 0.1) is 6.61 Å². The van der Waals surface area contributed by atoms with Crippen molar-refractivity contribution < 1.29 is 4.74 Å². The van der Waals surface area contributed by atoms with Crippen LogP contribution >= 0.6 is 11.6 Å². The molecule has 1 fully saturated rings. The summed E-state index contributed by atoms with van der Waals surface area (Å²) in [6.45, 7) is 5.94. The van der Waals surface area contributed by atoms with Gasteiger partial charge in [0.15, 0.2) is 0 Å². The molecule has 1 aliphatic carbocycles. The van der Waals surface area contributed by atoms with Gasteiger partial charge < -0.3 is 10.1 Å². The van der Waals surface area contributed by atoms with Gasteiger partial charge in [-0.25, -0.2) is 0 Å². The van der Waals surface area contributed by atoms with Crippen LogP contribution in [0.1, 0.15) is 45.4 Å². The third-order valence-electron chi connectivity index (χ3n) is 3.29. The highest BCUT2D eigenvalue weighted by atomic mass is 35.5. The molecule has 1 rings (SSSR count). The number of halogens is 1. The van der Waals surface area contributed by atoms with Gasteiger partial charge in [-0.3, -0.25) is 0 Å². The third-order valence-corrected chi connectivity index (χ3v) is 3.86. The van der Waals surface area contributed by atoms with E-state index in [-0.39, 0.29) is 0 Å². The molecule has 1 aliphatic rings. The minimum absolute atomic E-state index is 0.391. The average Bonchev–Trinajstić information content (AvgIpc) is 2.30. The van der Waals surface area contributed by atoms with E-state index in [0.717, 1.165) is 26.3 Å². The number of hydrogen-bond acceptors (Lipinski definition) is 2. The SMILES string of the molecule is CCCCOCCNCC1CCCCC1Cl. The zero-order valence-electron chi connectivity index (χ0n) is 10.5. The topological polar surface area (TPSA) is 21.3 Å². The maximum absolute atomic E-state index is 6.29. The summed E-state index contributed by atoms with van der Waals surface area (Å²) in [6, 6.07) is 0. The highest BCUT2D eigenvalue weighted by molar-refractivity contribution is 6.20. The molecule has 0 amide bonds. The van der Waals surface area contributed by atoms with Crippen LogP contribution in [0.3, 0.4) is 0 Å². The molecule has 0 bridgehead atoms. The van der Waals surface area contributed by atoms with E-state index in [1.54, 1.807) is 0 Å². The van der Waals surface area contributed by atoms with Gasteiger partial charge in [0.2, 0.25) is 0 Å². The Hall–Kier alpha value is 0.210. The van der Waals surface area contributed by atoms with E-state index in [4.69, 9.17) is 16.3 Å². The Balaban J connectivity index is 1.90. The molecule has 96 valence electrons. The highest BCUT2D eigenvalue weighted by Crippen LogP contribution is 2.27. The van der Waals surface area contributed by atoms with Crippen molar-refractivity contribution in [1.29, 1.82) is 0 Å². The third kappa shape index (κ3) is 6.07. The second-order valence-corrected chi connectivity index (χ2v) is 5.29. The molecule has 3 heteroatoms. The molecule has 2 unspecified atom stereocenters. The predicted molar refractivity (Wildman–Crippen MR) is 70.2 cm³/mol. The Morgan fingerprint density at radius 3 is 2.81 bits per heavy atom. The van der Waals surface area contributed by atoms with Gasteiger partial charge in [-0.05, 0) is 31.7 Å². The summed E-state index contributed by atoms with van der Waals surface area (Å²) in [4.78, 5) is 0. The van der Waals surface area contributed by atoms with E-state index in [9.17, 15) is 0 Å². The van der Waals surface area contributed by atoms with Gasteiger partial charge in [0.25, 0.3) is 0 Å². The van der Waals surface area contributed by atoms with Gasteiger partial charge in [-0.2, -0.15) is 0 Å². The fourth-order valence-corrected chi connectivity index (χ4v) is 2.54. The summed E-state index contributed by atoms with van der Waals surface area (Å²) in [7, 11) is 0. The first-order chi connectivity index (χ1) is 7.84. The largest absolute Gasteiger partial charge is 0.380 e. The Labute approximate surface area is 105 Å². The Morgan fingerprint density at radius 2 is 2.06 bits per heavy atom. The fraction of sp³-hybridized carbons (Fsp3) is 1.00. The Bertz CT molecular complexity index is 166. The lowest BCUT2D eigenvalue weighted by Gasteiger charge is -2.27. The van der Waals surface area contributed by atoms with Crippen molar-refractivity contribution in [3.8, 4) is 0 Å². The molecule has 2 atom stereocenters. The molecule has 1 saturated carbocycles. The number of nitrogens with one attached hydrogen (secondary N) is 1. The molecule has 16 heavy (non-hydrogen) atoms. The minimum Gasteiger partial charge on any atom is -0.380 e. The van der Waals surface area contributed by atoms with Gasteiger partial charge in [0, 0.05) is 18.5 Å². The monoisotopic (exact) mass is 247 g/mol. The summed E-state index contributed by atoms with van der Waals surface area (Å²) in [5.41, 5.74) is 0. The van der Waals surface area contributed by atoms with Crippen molar-refractivity contribution in [3.63, 3.8) is 0 Å². The normalized spacial score (nSPS) is 25.9. The molecule has 0 aromatic rings. The second kappa shape index (κ2) is 9.26. The first-order valence-corrected chi connectivity index (χ1v) is 7.20. The van der Waals surface area contributed by atoms with Crippen LogP contribution in [0.5, 0.6) is 0 Å². The predicted octanol–water partition coefficient (Wildman–Crippen LogP) is 3.19. The van der Waals surface area contributed by atoms with E-state index >= 15 is 0 Å². The van der Waals surface area contributed by atoms with Crippen molar-refractivity contribution >= 4 is 11.6 Å². The van der Waals surface area contributed by atoms with Crippen molar-refractivity contribution in [1.82, 2.24) is 5.32 Å². The van der Waals surface area contributed by atoms with Crippen LogP contribution < -0.4 is 5.32 Å². The van der Waals surface area contributed by atoms with Crippen molar-refractivity contribution in [2.45, 2.75) is 50.8 Å². The van der Waals surface area contributed by atoms with Crippen LogP contribution in [0.4, 0.5) is 0 Å². The fourth-order valence-electron chi connectivity index (χ4n) is 2.17. The smallest absolute Gasteiger partial charge is 0.0590 e. The zero-order chi connectivity index (χ0) is 11.6. The molecule has 0 spiro atoms. The highest BCUT2D eigenvalue weighted by Gasteiger charge is 2.22. The molecule has 0 aliphatic heterocycles. The minimum atomic E-state index is 0.391. The van der Waals surface area contributed by atoms with Crippen LogP contribution in [0.25, 0.3) is 0 Å². The van der Waals surface area contributed by atoms with Crippen molar-refractivity contribution in [2.24, 2.45) is 5.92 Å². The lowest BCUT2D eigenvalue weighted by molar-refractivity contribution is 0.131. The molecule has 0 aromatic carbocycles. The van der Waals surface area contributed by atoms with Crippen LogP contribution in [0.15, 0.2) is 0 Å². The molecular weight excluding hydrogens is 222 g/mol. The van der Waals surface area contributed by atoms with Gasteiger partial charge in [-0.1, -0.05) is 26.2 Å². The summed E-state index contributed by atoms with van der Waals surface area (Å²) in [5.74, 6) is 0.672. The van der Waals surface area contributed by atoms with Gasteiger partial charge >= 0.3 is 0 Å². The standard InChI is InChI=1S/C13H26ClNO/c1-2-3-9-16-10-8-15-11-12-6-4-5-7-13(12)14/h12-13,15H,2-11H2,1H3. The van der Waals surface area contributed by atoms with Crippen molar-refractivity contribution in [2.75, 3.05) is 26.3 Å². The van der Waals surface area contributed by atoms with Crippen LogP contribution in [0.2, 0.25) is 0 Å². The van der Waals surface area contributed by atoms with E-state index in [0.29, 0.717) is 11.3 Å². The average molecular weight is 248 g/mol. The summed E-state index contributed by atoms with van der Waals surface area (Å²) < 4.78 is 5.49.